The number of hydrogen-bond acceptors (Lipinski definition) is 5. The number of benzene rings is 2. The summed E-state index contributed by atoms with van der Waals surface area (Å²) in [7, 11) is -3.55. The molecule has 0 aliphatic rings. The highest BCUT2D eigenvalue weighted by Crippen LogP contribution is 2.24. The molecule has 0 fully saturated rings. The highest BCUT2D eigenvalue weighted by molar-refractivity contribution is 9.10. The van der Waals surface area contributed by atoms with Crippen molar-refractivity contribution < 1.29 is 13.2 Å². The second-order valence-electron chi connectivity index (χ2n) is 5.41. The van der Waals surface area contributed by atoms with Crippen LogP contribution in [-0.2, 0) is 14.8 Å². The second kappa shape index (κ2) is 8.92. The minimum atomic E-state index is -3.55. The van der Waals surface area contributed by atoms with Crippen molar-refractivity contribution in [2.75, 3.05) is 15.8 Å². The van der Waals surface area contributed by atoms with Crippen LogP contribution >= 0.6 is 39.0 Å². The van der Waals surface area contributed by atoms with Gasteiger partial charge in [-0.05, 0) is 60.0 Å². The van der Waals surface area contributed by atoms with Crippen molar-refractivity contribution in [2.24, 2.45) is 0 Å². The minimum Gasteiger partial charge on any atom is -0.325 e. The van der Waals surface area contributed by atoms with E-state index in [-0.39, 0.29) is 15.9 Å². The summed E-state index contributed by atoms with van der Waals surface area (Å²) in [5.41, 5.74) is 1.22. The number of halogens is 1. The second-order valence-corrected chi connectivity index (χ2v) is 10.2. The first-order valence-corrected chi connectivity index (χ1v) is 11.9. The minimum absolute atomic E-state index is 0.107. The van der Waals surface area contributed by atoms with E-state index in [1.165, 1.54) is 11.8 Å². The molecule has 9 heteroatoms. The third-order valence-electron chi connectivity index (χ3n) is 3.36. The Bertz CT molecular complexity index is 1000. The van der Waals surface area contributed by atoms with Crippen LogP contribution in [0.2, 0.25) is 0 Å². The van der Waals surface area contributed by atoms with Gasteiger partial charge in [-0.1, -0.05) is 22.0 Å². The Morgan fingerprint density at radius 3 is 2.30 bits per heavy atom. The topological polar surface area (TPSA) is 75.3 Å². The fourth-order valence-corrected chi connectivity index (χ4v) is 5.13. The zero-order valence-electron chi connectivity index (χ0n) is 13.9. The molecule has 2 N–H and O–H groups in total. The molecule has 27 heavy (non-hydrogen) atoms. The predicted octanol–water partition coefficient (Wildman–Crippen LogP) is 5.04. The van der Waals surface area contributed by atoms with Crippen LogP contribution in [0, 0.1) is 0 Å². The van der Waals surface area contributed by atoms with Gasteiger partial charge in [-0.15, -0.1) is 23.1 Å². The standard InChI is InChI=1S/C18H15BrN2O3S3/c19-13-3-5-14(6-4-13)20-17(22)12-26-16-9-7-15(8-10-16)21-27(23,24)18-2-1-11-25-18/h1-11,21H,12H2,(H,20,22). The van der Waals surface area contributed by atoms with Gasteiger partial charge < -0.3 is 5.32 Å². The number of thioether (sulfide) groups is 1. The molecule has 1 amide bonds. The Morgan fingerprint density at radius 2 is 1.67 bits per heavy atom. The largest absolute Gasteiger partial charge is 0.325 e. The van der Waals surface area contributed by atoms with E-state index in [0.29, 0.717) is 5.69 Å². The summed E-state index contributed by atoms with van der Waals surface area (Å²) in [5, 5.41) is 4.54. The van der Waals surface area contributed by atoms with Crippen LogP contribution in [0.25, 0.3) is 0 Å². The average molecular weight is 483 g/mol. The molecule has 0 aliphatic heterocycles. The smallest absolute Gasteiger partial charge is 0.271 e. The SMILES string of the molecule is O=C(CSc1ccc(NS(=O)(=O)c2cccs2)cc1)Nc1ccc(Br)cc1. The Labute approximate surface area is 174 Å². The van der Waals surface area contributed by atoms with Crippen LogP contribution in [0.3, 0.4) is 0 Å². The summed E-state index contributed by atoms with van der Waals surface area (Å²) in [6.45, 7) is 0. The maximum Gasteiger partial charge on any atom is 0.271 e. The summed E-state index contributed by atoms with van der Waals surface area (Å²) < 4.78 is 28.1. The third kappa shape index (κ3) is 5.83. The highest BCUT2D eigenvalue weighted by Gasteiger charge is 2.15. The number of hydrogen-bond donors (Lipinski definition) is 2. The number of nitrogens with one attached hydrogen (secondary N) is 2. The number of rotatable bonds is 7. The molecule has 2 aromatic carbocycles. The van der Waals surface area contributed by atoms with Gasteiger partial charge in [0.05, 0.1) is 5.75 Å². The van der Waals surface area contributed by atoms with E-state index in [2.05, 4.69) is 26.0 Å². The average Bonchev–Trinajstić information content (AvgIpc) is 3.19. The first kappa shape index (κ1) is 19.9. The van der Waals surface area contributed by atoms with Crippen LogP contribution in [0.1, 0.15) is 0 Å². The van der Waals surface area contributed by atoms with E-state index in [1.54, 1.807) is 41.8 Å². The van der Waals surface area contributed by atoms with Crippen molar-refractivity contribution in [3.05, 3.63) is 70.5 Å². The monoisotopic (exact) mass is 482 g/mol. The Morgan fingerprint density at radius 1 is 1.00 bits per heavy atom. The maximum atomic E-state index is 12.2. The number of anilines is 2. The van der Waals surface area contributed by atoms with E-state index >= 15 is 0 Å². The molecule has 0 radical (unpaired) electrons. The van der Waals surface area contributed by atoms with Crippen molar-refractivity contribution in [3.8, 4) is 0 Å². The molecular formula is C18H15BrN2O3S3. The Hall–Kier alpha value is -1.81. The number of carbonyl (C=O) groups excluding carboxylic acids is 1. The number of sulfonamides is 1. The van der Waals surface area contributed by atoms with E-state index in [4.69, 9.17) is 0 Å². The fourth-order valence-electron chi connectivity index (χ4n) is 2.12. The lowest BCUT2D eigenvalue weighted by Gasteiger charge is -2.08. The molecule has 0 spiro atoms. The van der Waals surface area contributed by atoms with Gasteiger partial charge in [0.25, 0.3) is 10.0 Å². The van der Waals surface area contributed by atoms with Gasteiger partial charge in [0.1, 0.15) is 4.21 Å². The molecule has 1 aromatic heterocycles. The normalized spacial score (nSPS) is 11.1. The Balaban J connectivity index is 1.53. The molecule has 5 nitrogen and oxygen atoms in total. The number of carbonyl (C=O) groups is 1. The number of thiophene rings is 1. The van der Waals surface area contributed by atoms with Crippen LogP contribution in [0.4, 0.5) is 11.4 Å². The van der Waals surface area contributed by atoms with Crippen LogP contribution in [0.15, 0.2) is 79.6 Å². The number of amides is 1. The molecule has 0 saturated heterocycles. The van der Waals surface area contributed by atoms with Gasteiger partial charge in [0.2, 0.25) is 5.91 Å². The summed E-state index contributed by atoms with van der Waals surface area (Å²) in [6.07, 6.45) is 0. The van der Waals surface area contributed by atoms with Crippen LogP contribution in [-0.4, -0.2) is 20.1 Å². The zero-order valence-corrected chi connectivity index (χ0v) is 17.9. The fraction of sp³-hybridized carbons (Fsp3) is 0.0556. The van der Waals surface area contributed by atoms with E-state index in [0.717, 1.165) is 26.4 Å². The van der Waals surface area contributed by atoms with Crippen molar-refractivity contribution >= 4 is 66.3 Å². The van der Waals surface area contributed by atoms with Gasteiger partial charge >= 0.3 is 0 Å². The van der Waals surface area contributed by atoms with E-state index in [1.807, 2.05) is 24.3 Å². The highest BCUT2D eigenvalue weighted by atomic mass is 79.9. The van der Waals surface area contributed by atoms with Gasteiger partial charge in [0.15, 0.2) is 0 Å². The first-order valence-electron chi connectivity index (χ1n) is 7.77. The summed E-state index contributed by atoms with van der Waals surface area (Å²) >= 11 is 5.89. The third-order valence-corrected chi connectivity index (χ3v) is 7.68. The predicted molar refractivity (Wildman–Crippen MR) is 115 cm³/mol. The molecular weight excluding hydrogens is 468 g/mol. The summed E-state index contributed by atoms with van der Waals surface area (Å²) in [5.74, 6) is 0.154. The van der Waals surface area contributed by atoms with Crippen molar-refractivity contribution in [1.29, 1.82) is 0 Å². The lowest BCUT2D eigenvalue weighted by atomic mass is 10.3. The molecule has 0 bridgehead atoms. The quantitative estimate of drug-likeness (QED) is 0.462. The first-order chi connectivity index (χ1) is 12.9. The van der Waals surface area contributed by atoms with Crippen LogP contribution in [0.5, 0.6) is 0 Å². The van der Waals surface area contributed by atoms with Crippen LogP contribution < -0.4 is 10.0 Å². The van der Waals surface area contributed by atoms with Gasteiger partial charge in [-0.2, -0.15) is 0 Å². The summed E-state index contributed by atoms with van der Waals surface area (Å²) in [4.78, 5) is 12.9. The van der Waals surface area contributed by atoms with E-state index in [9.17, 15) is 13.2 Å². The molecule has 3 rings (SSSR count). The zero-order chi connectivity index (χ0) is 19.3. The Kier molecular flexibility index (Phi) is 6.59. The van der Waals surface area contributed by atoms with Crippen molar-refractivity contribution in [2.45, 2.75) is 9.10 Å². The molecule has 0 aliphatic carbocycles. The van der Waals surface area contributed by atoms with Gasteiger partial charge in [0, 0.05) is 20.7 Å². The van der Waals surface area contributed by atoms with Gasteiger partial charge in [-0.25, -0.2) is 8.42 Å². The van der Waals surface area contributed by atoms with Crippen molar-refractivity contribution in [3.63, 3.8) is 0 Å². The summed E-state index contributed by atoms with van der Waals surface area (Å²) in [6, 6.07) is 17.5. The molecule has 1 heterocycles. The maximum absolute atomic E-state index is 12.2. The lowest BCUT2D eigenvalue weighted by Crippen LogP contribution is -2.13. The molecule has 0 saturated carbocycles. The van der Waals surface area contributed by atoms with Gasteiger partial charge in [-0.3, -0.25) is 9.52 Å². The molecule has 0 unspecified atom stereocenters. The van der Waals surface area contributed by atoms with Crippen molar-refractivity contribution in [1.82, 2.24) is 0 Å². The lowest BCUT2D eigenvalue weighted by molar-refractivity contribution is -0.113. The molecule has 3 aromatic rings. The molecule has 140 valence electrons. The van der Waals surface area contributed by atoms with E-state index < -0.39 is 10.0 Å². The molecule has 0 atom stereocenters.